The summed E-state index contributed by atoms with van der Waals surface area (Å²) in [5.41, 5.74) is 3.50. The third kappa shape index (κ3) is 6.72. The van der Waals surface area contributed by atoms with Gasteiger partial charge in [0.1, 0.15) is 11.5 Å². The minimum Gasteiger partial charge on any atom is -0.484 e. The Labute approximate surface area is 186 Å². The van der Waals surface area contributed by atoms with Gasteiger partial charge < -0.3 is 9.47 Å². The Balaban J connectivity index is 1.45. The minimum absolute atomic E-state index is 0.154. The molecule has 1 amide bonds. The first-order chi connectivity index (χ1) is 14.5. The van der Waals surface area contributed by atoms with Gasteiger partial charge in [0.05, 0.1) is 11.8 Å². The summed E-state index contributed by atoms with van der Waals surface area (Å²) in [4.78, 5) is 23.9. The quantitative estimate of drug-likeness (QED) is 0.224. The molecule has 0 heterocycles. The number of hydrogen-bond acceptors (Lipinski definition) is 5. The number of carbonyl (C=O) groups excluding carboxylic acids is 2. The van der Waals surface area contributed by atoms with E-state index >= 15 is 0 Å². The summed E-state index contributed by atoms with van der Waals surface area (Å²) >= 11 is 9.13. The van der Waals surface area contributed by atoms with Crippen molar-refractivity contribution in [3.8, 4) is 11.5 Å². The molecule has 8 heteroatoms. The van der Waals surface area contributed by atoms with Gasteiger partial charge in [-0.3, -0.25) is 4.79 Å². The SMILES string of the molecule is O=C(COc1ccc(Br)cc1)NN=Cc1ccc(OC(=O)c2ccc(Cl)cc2)cc1. The fourth-order valence-electron chi connectivity index (χ4n) is 2.26. The molecule has 0 saturated heterocycles. The molecule has 0 aliphatic rings. The highest BCUT2D eigenvalue weighted by Gasteiger charge is 2.08. The topological polar surface area (TPSA) is 77.0 Å². The molecule has 0 aromatic heterocycles. The number of nitrogens with zero attached hydrogens (tertiary/aromatic N) is 1. The first-order valence-corrected chi connectivity index (χ1v) is 9.95. The van der Waals surface area contributed by atoms with Crippen LogP contribution in [0.25, 0.3) is 0 Å². The molecule has 1 N–H and O–H groups in total. The maximum atomic E-state index is 12.1. The van der Waals surface area contributed by atoms with Gasteiger partial charge in [0.15, 0.2) is 6.61 Å². The van der Waals surface area contributed by atoms with Gasteiger partial charge in [0, 0.05) is 9.50 Å². The van der Waals surface area contributed by atoms with Gasteiger partial charge in [-0.05, 0) is 78.4 Å². The van der Waals surface area contributed by atoms with E-state index in [4.69, 9.17) is 21.1 Å². The maximum Gasteiger partial charge on any atom is 0.343 e. The second-order valence-electron chi connectivity index (χ2n) is 6.00. The van der Waals surface area contributed by atoms with Crippen LogP contribution in [0, 0.1) is 0 Å². The first-order valence-electron chi connectivity index (χ1n) is 8.78. The number of nitrogens with one attached hydrogen (secondary N) is 1. The van der Waals surface area contributed by atoms with Crippen LogP contribution >= 0.6 is 27.5 Å². The van der Waals surface area contributed by atoms with Crippen molar-refractivity contribution in [2.45, 2.75) is 0 Å². The van der Waals surface area contributed by atoms with E-state index in [-0.39, 0.29) is 12.5 Å². The Kier molecular flexibility index (Phi) is 7.59. The van der Waals surface area contributed by atoms with Crippen LogP contribution in [-0.4, -0.2) is 24.7 Å². The van der Waals surface area contributed by atoms with Gasteiger partial charge >= 0.3 is 5.97 Å². The van der Waals surface area contributed by atoms with Gasteiger partial charge in [-0.25, -0.2) is 10.2 Å². The van der Waals surface area contributed by atoms with E-state index in [2.05, 4.69) is 26.5 Å². The number of hydrazone groups is 1. The molecule has 0 saturated carbocycles. The van der Waals surface area contributed by atoms with E-state index in [1.165, 1.54) is 6.21 Å². The maximum absolute atomic E-state index is 12.1. The van der Waals surface area contributed by atoms with Crippen molar-refractivity contribution in [3.05, 3.63) is 93.4 Å². The Hall–Kier alpha value is -3.16. The molecule has 0 bridgehead atoms. The zero-order valence-corrected chi connectivity index (χ0v) is 17.9. The monoisotopic (exact) mass is 486 g/mol. The molecule has 3 aromatic carbocycles. The average molecular weight is 488 g/mol. The smallest absolute Gasteiger partial charge is 0.343 e. The zero-order chi connectivity index (χ0) is 21.3. The Morgan fingerprint density at radius 3 is 2.23 bits per heavy atom. The summed E-state index contributed by atoms with van der Waals surface area (Å²) in [5.74, 6) is 0.105. The highest BCUT2D eigenvalue weighted by atomic mass is 79.9. The van der Waals surface area contributed by atoms with Gasteiger partial charge in [-0.15, -0.1) is 0 Å². The van der Waals surface area contributed by atoms with E-state index in [0.29, 0.717) is 22.1 Å². The Morgan fingerprint density at radius 2 is 1.57 bits per heavy atom. The van der Waals surface area contributed by atoms with E-state index in [9.17, 15) is 9.59 Å². The van der Waals surface area contributed by atoms with E-state index in [0.717, 1.165) is 10.0 Å². The fourth-order valence-corrected chi connectivity index (χ4v) is 2.65. The number of ether oxygens (including phenoxy) is 2. The standard InChI is InChI=1S/C22H16BrClN2O4/c23-17-5-11-19(12-6-17)29-14-21(27)26-25-13-15-1-9-20(10-2-15)30-22(28)16-3-7-18(24)8-4-16/h1-13H,14H2,(H,26,27). The highest BCUT2D eigenvalue weighted by Crippen LogP contribution is 2.16. The molecule has 0 unspecified atom stereocenters. The summed E-state index contributed by atoms with van der Waals surface area (Å²) < 4.78 is 11.6. The highest BCUT2D eigenvalue weighted by molar-refractivity contribution is 9.10. The molecule has 0 aliphatic heterocycles. The van der Waals surface area contributed by atoms with Gasteiger partial charge in [-0.2, -0.15) is 5.10 Å². The number of hydrogen-bond donors (Lipinski definition) is 1. The lowest BCUT2D eigenvalue weighted by atomic mass is 10.2. The summed E-state index contributed by atoms with van der Waals surface area (Å²) in [6.45, 7) is -0.154. The predicted molar refractivity (Wildman–Crippen MR) is 118 cm³/mol. The molecule has 0 fully saturated rings. The average Bonchev–Trinajstić information content (AvgIpc) is 2.75. The molecule has 0 radical (unpaired) electrons. The van der Waals surface area contributed by atoms with Gasteiger partial charge in [0.25, 0.3) is 5.91 Å². The fraction of sp³-hybridized carbons (Fsp3) is 0.0455. The van der Waals surface area contributed by atoms with E-state index < -0.39 is 5.97 Å². The number of carbonyl (C=O) groups is 2. The molecule has 0 spiro atoms. The summed E-state index contributed by atoms with van der Waals surface area (Å²) in [7, 11) is 0. The van der Waals surface area contributed by atoms with Crippen LogP contribution in [0.4, 0.5) is 0 Å². The third-order valence-corrected chi connectivity index (χ3v) is 4.54. The number of halogens is 2. The number of rotatable bonds is 7. The van der Waals surface area contributed by atoms with Gasteiger partial charge in [-0.1, -0.05) is 27.5 Å². The van der Waals surface area contributed by atoms with Crippen molar-refractivity contribution in [2.24, 2.45) is 5.10 Å². The van der Waals surface area contributed by atoms with Crippen LogP contribution in [0.5, 0.6) is 11.5 Å². The molecule has 30 heavy (non-hydrogen) atoms. The van der Waals surface area contributed by atoms with Crippen LogP contribution in [0.3, 0.4) is 0 Å². The zero-order valence-electron chi connectivity index (χ0n) is 15.5. The predicted octanol–water partition coefficient (Wildman–Crippen LogP) is 4.85. The number of benzene rings is 3. The molecular weight excluding hydrogens is 472 g/mol. The Bertz CT molecular complexity index is 1040. The van der Waals surface area contributed by atoms with Crippen molar-refractivity contribution in [1.29, 1.82) is 0 Å². The molecule has 3 rings (SSSR count). The summed E-state index contributed by atoms with van der Waals surface area (Å²) in [5, 5.41) is 4.43. The summed E-state index contributed by atoms with van der Waals surface area (Å²) in [6.07, 6.45) is 1.47. The van der Waals surface area contributed by atoms with Crippen molar-refractivity contribution in [1.82, 2.24) is 5.43 Å². The lowest BCUT2D eigenvalue weighted by Crippen LogP contribution is -2.24. The van der Waals surface area contributed by atoms with Crippen molar-refractivity contribution >= 4 is 45.6 Å². The van der Waals surface area contributed by atoms with Crippen LogP contribution in [0.1, 0.15) is 15.9 Å². The number of amides is 1. The first kappa shape index (κ1) is 21.5. The molecule has 0 atom stereocenters. The minimum atomic E-state index is -0.480. The second kappa shape index (κ2) is 10.6. The summed E-state index contributed by atoms with van der Waals surface area (Å²) in [6, 6.07) is 20.3. The lowest BCUT2D eigenvalue weighted by Gasteiger charge is -2.05. The lowest BCUT2D eigenvalue weighted by molar-refractivity contribution is -0.123. The van der Waals surface area contributed by atoms with Gasteiger partial charge in [0.2, 0.25) is 0 Å². The van der Waals surface area contributed by atoms with Crippen molar-refractivity contribution in [3.63, 3.8) is 0 Å². The molecule has 6 nitrogen and oxygen atoms in total. The molecule has 3 aromatic rings. The van der Waals surface area contributed by atoms with E-state index in [1.807, 2.05) is 12.1 Å². The van der Waals surface area contributed by atoms with Crippen LogP contribution in [-0.2, 0) is 4.79 Å². The second-order valence-corrected chi connectivity index (χ2v) is 7.35. The normalized spacial score (nSPS) is 10.6. The third-order valence-electron chi connectivity index (χ3n) is 3.76. The van der Waals surface area contributed by atoms with Crippen LogP contribution in [0.15, 0.2) is 82.4 Å². The largest absolute Gasteiger partial charge is 0.484 e. The van der Waals surface area contributed by atoms with Crippen molar-refractivity contribution < 1.29 is 19.1 Å². The van der Waals surface area contributed by atoms with Crippen LogP contribution in [0.2, 0.25) is 5.02 Å². The molecule has 0 aliphatic carbocycles. The molecule has 152 valence electrons. The Morgan fingerprint density at radius 1 is 0.933 bits per heavy atom. The number of esters is 1. The molecular formula is C22H16BrClN2O4. The van der Waals surface area contributed by atoms with E-state index in [1.54, 1.807) is 60.7 Å². The van der Waals surface area contributed by atoms with Crippen molar-refractivity contribution in [2.75, 3.05) is 6.61 Å². The van der Waals surface area contributed by atoms with Crippen LogP contribution < -0.4 is 14.9 Å².